The Morgan fingerprint density at radius 2 is 1.88 bits per heavy atom. The first kappa shape index (κ1) is 18.4. The van der Waals surface area contributed by atoms with Crippen molar-refractivity contribution in [1.29, 1.82) is 0 Å². The molecular formula is C19H30N4O. The van der Waals surface area contributed by atoms with Crippen molar-refractivity contribution < 1.29 is 4.79 Å². The van der Waals surface area contributed by atoms with E-state index in [1.54, 1.807) is 4.68 Å². The molecule has 5 heteroatoms. The number of aromatic nitrogens is 3. The summed E-state index contributed by atoms with van der Waals surface area (Å²) < 4.78 is 1.76. The lowest BCUT2D eigenvalue weighted by Gasteiger charge is -2.08. The molecule has 1 amide bonds. The molecule has 0 atom stereocenters. The van der Waals surface area contributed by atoms with Crippen molar-refractivity contribution in [2.45, 2.75) is 59.8 Å². The van der Waals surface area contributed by atoms with Gasteiger partial charge in [0.1, 0.15) is 0 Å². The fourth-order valence-corrected chi connectivity index (χ4v) is 2.99. The van der Waals surface area contributed by atoms with Crippen LogP contribution in [0.3, 0.4) is 0 Å². The van der Waals surface area contributed by atoms with Crippen molar-refractivity contribution in [1.82, 2.24) is 20.1 Å². The molecule has 0 saturated carbocycles. The lowest BCUT2D eigenvalue weighted by atomic mass is 10.0. The van der Waals surface area contributed by atoms with Crippen LogP contribution in [0.5, 0.6) is 0 Å². The molecule has 0 bridgehead atoms. The number of amides is 1. The van der Waals surface area contributed by atoms with Crippen molar-refractivity contribution in [3.8, 4) is 0 Å². The van der Waals surface area contributed by atoms with Gasteiger partial charge in [-0.1, -0.05) is 39.5 Å². The van der Waals surface area contributed by atoms with Gasteiger partial charge < -0.3 is 5.32 Å². The molecule has 0 aromatic carbocycles. The zero-order chi connectivity index (χ0) is 17.7. The standard InChI is InChI=1S/C19H30N4O/c1-13(2)10-8-6-7-9-11-20-19(24)17-12-16-15(4)22-23(5)18(16)21-14(17)3/h12-13H,6-11H2,1-5H3,(H,20,24). The largest absolute Gasteiger partial charge is 0.352 e. The number of unbranched alkanes of at least 4 members (excludes halogenated alkanes) is 3. The van der Waals surface area contributed by atoms with Crippen molar-refractivity contribution >= 4 is 16.9 Å². The third kappa shape index (κ3) is 4.56. The Kier molecular flexibility index (Phi) is 6.35. The first-order chi connectivity index (χ1) is 11.4. The molecule has 0 aliphatic heterocycles. The van der Waals surface area contributed by atoms with E-state index in [0.717, 1.165) is 41.3 Å². The Hall–Kier alpha value is -1.91. The number of fused-ring (bicyclic) bond motifs is 1. The molecule has 0 unspecified atom stereocenters. The van der Waals surface area contributed by atoms with E-state index in [0.29, 0.717) is 5.56 Å². The second kappa shape index (κ2) is 8.27. The normalized spacial score (nSPS) is 11.4. The summed E-state index contributed by atoms with van der Waals surface area (Å²) in [5.74, 6) is 0.748. The Morgan fingerprint density at radius 1 is 1.17 bits per heavy atom. The van der Waals surface area contributed by atoms with E-state index >= 15 is 0 Å². The molecule has 0 aliphatic carbocycles. The van der Waals surface area contributed by atoms with Crippen molar-refractivity contribution in [3.05, 3.63) is 23.0 Å². The molecule has 2 heterocycles. The number of carbonyl (C=O) groups excluding carboxylic acids is 1. The molecule has 2 aromatic rings. The predicted molar refractivity (Wildman–Crippen MR) is 98.2 cm³/mol. The first-order valence-electron chi connectivity index (χ1n) is 8.99. The summed E-state index contributed by atoms with van der Waals surface area (Å²) in [4.78, 5) is 17.0. The molecule has 2 aromatic heterocycles. The van der Waals surface area contributed by atoms with Crippen LogP contribution in [0.1, 0.15) is 67.7 Å². The van der Waals surface area contributed by atoms with Crippen LogP contribution >= 0.6 is 0 Å². The zero-order valence-electron chi connectivity index (χ0n) is 15.6. The maximum absolute atomic E-state index is 12.4. The summed E-state index contributed by atoms with van der Waals surface area (Å²) in [7, 11) is 1.88. The highest BCUT2D eigenvalue weighted by atomic mass is 16.1. The van der Waals surface area contributed by atoms with Gasteiger partial charge in [-0.15, -0.1) is 0 Å². The fraction of sp³-hybridized carbons (Fsp3) is 0.632. The Balaban J connectivity index is 1.87. The van der Waals surface area contributed by atoms with Gasteiger partial charge in [-0.05, 0) is 32.3 Å². The van der Waals surface area contributed by atoms with Crippen LogP contribution in [0.15, 0.2) is 6.07 Å². The summed E-state index contributed by atoms with van der Waals surface area (Å²) in [6.07, 6.45) is 6.03. The SMILES string of the molecule is Cc1nc2c(cc1C(=O)NCCCCCCC(C)C)c(C)nn2C. The van der Waals surface area contributed by atoms with Crippen LogP contribution in [-0.4, -0.2) is 27.2 Å². The number of nitrogens with one attached hydrogen (secondary N) is 1. The maximum atomic E-state index is 12.4. The van der Waals surface area contributed by atoms with E-state index in [9.17, 15) is 4.79 Å². The molecular weight excluding hydrogens is 300 g/mol. The number of rotatable bonds is 8. The quantitative estimate of drug-likeness (QED) is 0.746. The molecule has 24 heavy (non-hydrogen) atoms. The van der Waals surface area contributed by atoms with Gasteiger partial charge in [0, 0.05) is 19.0 Å². The number of nitrogens with zero attached hydrogens (tertiary/aromatic N) is 3. The Labute approximate surface area is 144 Å². The van der Waals surface area contributed by atoms with Gasteiger partial charge in [0.2, 0.25) is 0 Å². The Morgan fingerprint density at radius 3 is 2.58 bits per heavy atom. The molecule has 132 valence electrons. The van der Waals surface area contributed by atoms with E-state index in [-0.39, 0.29) is 5.91 Å². The summed E-state index contributed by atoms with van der Waals surface area (Å²) in [6.45, 7) is 9.07. The minimum atomic E-state index is -0.0349. The predicted octanol–water partition coefficient (Wildman–Crippen LogP) is 3.92. The van der Waals surface area contributed by atoms with Gasteiger partial charge in [-0.25, -0.2) is 4.98 Å². The summed E-state index contributed by atoms with van der Waals surface area (Å²) >= 11 is 0. The molecule has 0 radical (unpaired) electrons. The highest BCUT2D eigenvalue weighted by Gasteiger charge is 2.14. The lowest BCUT2D eigenvalue weighted by molar-refractivity contribution is 0.0952. The minimum Gasteiger partial charge on any atom is -0.352 e. The number of aryl methyl sites for hydroxylation is 3. The third-order valence-corrected chi connectivity index (χ3v) is 4.43. The van der Waals surface area contributed by atoms with E-state index in [4.69, 9.17) is 0 Å². The van der Waals surface area contributed by atoms with Crippen LogP contribution in [0.25, 0.3) is 11.0 Å². The number of pyridine rings is 1. The topological polar surface area (TPSA) is 59.8 Å². The number of hydrogen-bond donors (Lipinski definition) is 1. The number of hydrogen-bond acceptors (Lipinski definition) is 3. The number of carbonyl (C=O) groups is 1. The minimum absolute atomic E-state index is 0.0349. The zero-order valence-corrected chi connectivity index (χ0v) is 15.6. The lowest BCUT2D eigenvalue weighted by Crippen LogP contribution is -2.25. The van der Waals surface area contributed by atoms with E-state index in [2.05, 4.69) is 29.2 Å². The van der Waals surface area contributed by atoms with Gasteiger partial charge in [0.05, 0.1) is 17.0 Å². The Bertz CT molecular complexity index is 703. The summed E-state index contributed by atoms with van der Waals surface area (Å²) in [5.41, 5.74) is 3.13. The second-order valence-electron chi connectivity index (χ2n) is 7.05. The van der Waals surface area contributed by atoms with E-state index in [1.807, 2.05) is 27.0 Å². The molecule has 0 aliphatic rings. The summed E-state index contributed by atoms with van der Waals surface area (Å²) in [6, 6.07) is 1.91. The van der Waals surface area contributed by atoms with Crippen molar-refractivity contribution in [2.75, 3.05) is 6.54 Å². The molecule has 0 fully saturated rings. The highest BCUT2D eigenvalue weighted by Crippen LogP contribution is 2.19. The highest BCUT2D eigenvalue weighted by molar-refractivity contribution is 5.98. The molecule has 1 N–H and O–H groups in total. The van der Waals surface area contributed by atoms with Crippen LogP contribution in [-0.2, 0) is 7.05 Å². The van der Waals surface area contributed by atoms with E-state index in [1.165, 1.54) is 25.7 Å². The van der Waals surface area contributed by atoms with E-state index < -0.39 is 0 Å². The monoisotopic (exact) mass is 330 g/mol. The van der Waals surface area contributed by atoms with Crippen LogP contribution in [0, 0.1) is 19.8 Å². The van der Waals surface area contributed by atoms with Gasteiger partial charge in [0.15, 0.2) is 5.65 Å². The van der Waals surface area contributed by atoms with Crippen LogP contribution in [0.4, 0.5) is 0 Å². The smallest absolute Gasteiger partial charge is 0.253 e. The third-order valence-electron chi connectivity index (χ3n) is 4.43. The maximum Gasteiger partial charge on any atom is 0.253 e. The van der Waals surface area contributed by atoms with Crippen molar-refractivity contribution in [3.63, 3.8) is 0 Å². The van der Waals surface area contributed by atoms with Gasteiger partial charge in [-0.3, -0.25) is 9.48 Å². The van der Waals surface area contributed by atoms with Gasteiger partial charge in [-0.2, -0.15) is 5.10 Å². The van der Waals surface area contributed by atoms with Crippen LogP contribution < -0.4 is 5.32 Å². The molecule has 0 spiro atoms. The molecule has 2 rings (SSSR count). The van der Waals surface area contributed by atoms with Gasteiger partial charge >= 0.3 is 0 Å². The first-order valence-corrected chi connectivity index (χ1v) is 8.99. The van der Waals surface area contributed by atoms with Crippen LogP contribution in [0.2, 0.25) is 0 Å². The average molecular weight is 330 g/mol. The summed E-state index contributed by atoms with van der Waals surface area (Å²) in [5, 5.41) is 8.34. The van der Waals surface area contributed by atoms with Crippen molar-refractivity contribution in [2.24, 2.45) is 13.0 Å². The fourth-order valence-electron chi connectivity index (χ4n) is 2.99. The average Bonchev–Trinajstić information content (AvgIpc) is 2.79. The molecule has 0 saturated heterocycles. The van der Waals surface area contributed by atoms with Gasteiger partial charge in [0.25, 0.3) is 5.91 Å². The second-order valence-corrected chi connectivity index (χ2v) is 7.05. The molecule has 5 nitrogen and oxygen atoms in total.